The van der Waals surface area contributed by atoms with Crippen molar-refractivity contribution in [1.82, 2.24) is 24.1 Å². The summed E-state index contributed by atoms with van der Waals surface area (Å²) in [6.45, 7) is 0. The van der Waals surface area contributed by atoms with Crippen molar-refractivity contribution in [3.8, 4) is 45.5 Å². The molecule has 0 aliphatic carbocycles. The van der Waals surface area contributed by atoms with Crippen molar-refractivity contribution >= 4 is 65.6 Å². The van der Waals surface area contributed by atoms with Crippen LogP contribution in [-0.2, 0) is 0 Å². The minimum atomic E-state index is 0.525. The van der Waals surface area contributed by atoms with Gasteiger partial charge in [-0.15, -0.1) is 0 Å². The van der Waals surface area contributed by atoms with Gasteiger partial charge in [0.25, 0.3) is 0 Å². The van der Waals surface area contributed by atoms with E-state index in [2.05, 4.69) is 167 Å². The van der Waals surface area contributed by atoms with Crippen LogP contribution >= 0.6 is 0 Å². The Morgan fingerprint density at radius 3 is 1.63 bits per heavy atom. The summed E-state index contributed by atoms with van der Waals surface area (Å²) in [5, 5.41) is 6.70. The summed E-state index contributed by atoms with van der Waals surface area (Å²) < 4.78 is 11.1. The third-order valence-electron chi connectivity index (χ3n) is 11.2. The topological polar surface area (TPSA) is 61.7 Å². The Balaban J connectivity index is 1.18. The summed E-state index contributed by atoms with van der Waals surface area (Å²) in [5.74, 6) is 1.61. The number of aromatic nitrogens is 5. The zero-order valence-corrected chi connectivity index (χ0v) is 30.5. The van der Waals surface area contributed by atoms with E-state index in [1.807, 2.05) is 30.3 Å². The Labute approximate surface area is 326 Å². The lowest BCUT2D eigenvalue weighted by Gasteiger charge is -2.15. The fraction of sp³-hybridized carbons (Fsp3) is 0. The van der Waals surface area contributed by atoms with Gasteiger partial charge in [-0.3, -0.25) is 4.57 Å². The highest BCUT2D eigenvalue weighted by Crippen LogP contribution is 2.40. The van der Waals surface area contributed by atoms with Gasteiger partial charge in [-0.05, 0) is 59.7 Å². The molecule has 8 aromatic carbocycles. The minimum absolute atomic E-state index is 0.525. The van der Waals surface area contributed by atoms with Crippen LogP contribution < -0.4 is 0 Å². The first-order valence-electron chi connectivity index (χ1n) is 19.1. The van der Waals surface area contributed by atoms with Crippen LogP contribution in [0.15, 0.2) is 192 Å². The van der Waals surface area contributed by atoms with E-state index >= 15 is 0 Å². The molecule has 12 aromatic rings. The zero-order valence-electron chi connectivity index (χ0n) is 30.5. The van der Waals surface area contributed by atoms with Crippen LogP contribution in [0.5, 0.6) is 0 Å². The van der Waals surface area contributed by atoms with Gasteiger partial charge in [0.15, 0.2) is 11.6 Å². The Hall–Kier alpha value is -7.83. The highest BCUT2D eigenvalue weighted by atomic mass is 16.3. The summed E-state index contributed by atoms with van der Waals surface area (Å²) >= 11 is 0. The molecule has 0 saturated heterocycles. The second-order valence-corrected chi connectivity index (χ2v) is 14.4. The summed E-state index contributed by atoms with van der Waals surface area (Å²) in [5.41, 5.74) is 10.7. The fourth-order valence-electron chi connectivity index (χ4n) is 8.66. The molecular formula is C51H31N5O. The maximum Gasteiger partial charge on any atom is 0.238 e. The van der Waals surface area contributed by atoms with Crippen LogP contribution in [0.2, 0.25) is 0 Å². The van der Waals surface area contributed by atoms with Gasteiger partial charge >= 0.3 is 0 Å². The van der Waals surface area contributed by atoms with Gasteiger partial charge in [0.2, 0.25) is 5.95 Å². The van der Waals surface area contributed by atoms with Gasteiger partial charge in [0.05, 0.1) is 33.3 Å². The first-order chi connectivity index (χ1) is 28.3. The van der Waals surface area contributed by atoms with E-state index < -0.39 is 0 Å². The lowest BCUT2D eigenvalue weighted by atomic mass is 10.0. The van der Waals surface area contributed by atoms with E-state index in [0.717, 1.165) is 82.7 Å². The van der Waals surface area contributed by atoms with Crippen molar-refractivity contribution < 1.29 is 4.42 Å². The number of fused-ring (bicyclic) bond motifs is 9. The predicted octanol–water partition coefficient (Wildman–Crippen LogP) is 13.0. The molecule has 266 valence electrons. The quantitative estimate of drug-likeness (QED) is 0.177. The number of hydrogen-bond acceptors (Lipinski definition) is 4. The van der Waals surface area contributed by atoms with Crippen molar-refractivity contribution in [3.05, 3.63) is 188 Å². The highest BCUT2D eigenvalue weighted by Gasteiger charge is 2.23. The zero-order chi connectivity index (χ0) is 37.5. The molecule has 0 fully saturated rings. The van der Waals surface area contributed by atoms with Crippen LogP contribution in [-0.4, -0.2) is 24.1 Å². The molecule has 6 heteroatoms. The molecule has 0 N–H and O–H groups in total. The Kier molecular flexibility index (Phi) is 6.83. The largest absolute Gasteiger partial charge is 0.455 e. The summed E-state index contributed by atoms with van der Waals surface area (Å²) in [6.07, 6.45) is 0. The lowest BCUT2D eigenvalue weighted by molar-refractivity contribution is 0.669. The second kappa shape index (κ2) is 12.3. The summed E-state index contributed by atoms with van der Waals surface area (Å²) in [7, 11) is 0. The molecule has 0 spiro atoms. The molecule has 0 atom stereocenters. The van der Waals surface area contributed by atoms with E-state index in [0.29, 0.717) is 17.6 Å². The van der Waals surface area contributed by atoms with Crippen LogP contribution in [0.3, 0.4) is 0 Å². The molecule has 0 radical (unpaired) electrons. The monoisotopic (exact) mass is 729 g/mol. The van der Waals surface area contributed by atoms with Crippen LogP contribution in [0.25, 0.3) is 111 Å². The number of rotatable bonds is 5. The Morgan fingerprint density at radius 2 is 0.895 bits per heavy atom. The summed E-state index contributed by atoms with van der Waals surface area (Å²) in [4.78, 5) is 16.1. The molecule has 0 bridgehead atoms. The van der Waals surface area contributed by atoms with Gasteiger partial charge < -0.3 is 8.98 Å². The molecule has 4 aromatic heterocycles. The smallest absolute Gasteiger partial charge is 0.238 e. The van der Waals surface area contributed by atoms with E-state index in [1.54, 1.807) is 0 Å². The number of para-hydroxylation sites is 6. The summed E-state index contributed by atoms with van der Waals surface area (Å²) in [6, 6.07) is 65.5. The van der Waals surface area contributed by atoms with Crippen LogP contribution in [0, 0.1) is 0 Å². The number of furan rings is 1. The highest BCUT2D eigenvalue weighted by molar-refractivity contribution is 6.12. The van der Waals surface area contributed by atoms with Crippen molar-refractivity contribution in [2.45, 2.75) is 0 Å². The number of hydrogen-bond donors (Lipinski definition) is 0. The molecule has 57 heavy (non-hydrogen) atoms. The van der Waals surface area contributed by atoms with Gasteiger partial charge in [-0.2, -0.15) is 9.97 Å². The standard InChI is InChI=1S/C51H31N5O/c1-2-15-32(16-3-1)33-29-30-37-36-19-6-11-26-44(36)56(46(37)31-33)51-53-49(52-50(54-51)41-23-14-22-39-38-20-8-13-28-47(38)57-48(39)41)40-21-7-12-27-45(40)55-42-24-9-4-17-34(42)35-18-5-10-25-43(35)55/h1-31H. The molecule has 6 nitrogen and oxygen atoms in total. The molecule has 0 aliphatic rings. The average molecular weight is 730 g/mol. The third-order valence-corrected chi connectivity index (χ3v) is 11.2. The van der Waals surface area contributed by atoms with Gasteiger partial charge in [-0.25, -0.2) is 4.98 Å². The van der Waals surface area contributed by atoms with Crippen molar-refractivity contribution in [2.75, 3.05) is 0 Å². The van der Waals surface area contributed by atoms with E-state index in [9.17, 15) is 0 Å². The molecule has 12 rings (SSSR count). The Morgan fingerprint density at radius 1 is 0.351 bits per heavy atom. The van der Waals surface area contributed by atoms with Crippen molar-refractivity contribution in [3.63, 3.8) is 0 Å². The Bertz CT molecular complexity index is 3490. The van der Waals surface area contributed by atoms with E-state index in [1.165, 1.54) is 10.8 Å². The number of benzene rings is 8. The van der Waals surface area contributed by atoms with Gasteiger partial charge in [-0.1, -0.05) is 140 Å². The molecule has 0 amide bonds. The molecule has 4 heterocycles. The molecule has 0 aliphatic heterocycles. The van der Waals surface area contributed by atoms with Crippen molar-refractivity contribution in [1.29, 1.82) is 0 Å². The molecular weight excluding hydrogens is 699 g/mol. The fourth-order valence-corrected chi connectivity index (χ4v) is 8.66. The second-order valence-electron chi connectivity index (χ2n) is 14.4. The van der Waals surface area contributed by atoms with Gasteiger partial charge in [0, 0.05) is 37.9 Å². The van der Waals surface area contributed by atoms with E-state index in [-0.39, 0.29) is 0 Å². The minimum Gasteiger partial charge on any atom is -0.455 e. The average Bonchev–Trinajstić information content (AvgIpc) is 3.94. The molecule has 0 saturated carbocycles. The third kappa shape index (κ3) is 4.81. The first-order valence-corrected chi connectivity index (χ1v) is 19.1. The predicted molar refractivity (Wildman–Crippen MR) is 232 cm³/mol. The maximum atomic E-state index is 6.59. The van der Waals surface area contributed by atoms with Crippen LogP contribution in [0.1, 0.15) is 0 Å². The first kappa shape index (κ1) is 31.5. The number of nitrogens with zero attached hydrogens (tertiary/aromatic N) is 5. The van der Waals surface area contributed by atoms with Crippen molar-refractivity contribution in [2.24, 2.45) is 0 Å². The van der Waals surface area contributed by atoms with E-state index in [4.69, 9.17) is 19.4 Å². The maximum absolute atomic E-state index is 6.59. The normalized spacial score (nSPS) is 11.9. The SMILES string of the molecule is c1ccc(-c2ccc3c4ccccc4n(-c4nc(-c5ccccc5-n5c6ccccc6c6ccccc65)nc(-c5cccc6c5oc5ccccc56)n4)c3c2)cc1. The van der Waals surface area contributed by atoms with Crippen LogP contribution in [0.4, 0.5) is 0 Å². The lowest BCUT2D eigenvalue weighted by Crippen LogP contribution is -2.08. The van der Waals surface area contributed by atoms with Gasteiger partial charge in [0.1, 0.15) is 11.2 Å². The molecule has 0 unspecified atom stereocenters.